The van der Waals surface area contributed by atoms with Crippen molar-refractivity contribution in [2.24, 2.45) is 5.73 Å². The normalized spacial score (nSPS) is 11.6. The van der Waals surface area contributed by atoms with Crippen LogP contribution in [0.3, 0.4) is 0 Å². The Bertz CT molecular complexity index is 516. The third-order valence-electron chi connectivity index (χ3n) is 2.87. The maximum absolute atomic E-state index is 5.95. The molecule has 0 aliphatic carbocycles. The average Bonchev–Trinajstić information content (AvgIpc) is 2.85. The average molecular weight is 260 g/mol. The molecule has 0 aliphatic heterocycles. The lowest BCUT2D eigenvalue weighted by Crippen LogP contribution is -2.30. The maximum Gasteiger partial charge on any atom is 0.246 e. The Morgan fingerprint density at radius 1 is 1.26 bits per heavy atom. The zero-order valence-corrected chi connectivity index (χ0v) is 11.6. The summed E-state index contributed by atoms with van der Waals surface area (Å²) in [7, 11) is 0. The molecule has 0 aliphatic rings. The largest absolute Gasteiger partial charge is 0.362 e. The number of nitrogens with zero attached hydrogens (tertiary/aromatic N) is 3. The molecule has 0 saturated carbocycles. The van der Waals surface area contributed by atoms with Crippen molar-refractivity contribution in [3.63, 3.8) is 0 Å². The number of aromatic nitrogens is 2. The van der Waals surface area contributed by atoms with Crippen molar-refractivity contribution >= 4 is 5.69 Å². The van der Waals surface area contributed by atoms with Gasteiger partial charge in [0, 0.05) is 12.2 Å². The smallest absolute Gasteiger partial charge is 0.246 e. The van der Waals surface area contributed by atoms with Gasteiger partial charge in [-0.2, -0.15) is 4.98 Å². The molecule has 2 rings (SSSR count). The van der Waals surface area contributed by atoms with Gasteiger partial charge < -0.3 is 15.2 Å². The summed E-state index contributed by atoms with van der Waals surface area (Å²) in [6.07, 6.45) is 0. The molecular formula is C14H20N4O. The van der Waals surface area contributed by atoms with E-state index in [1.165, 1.54) is 0 Å². The predicted octanol–water partition coefficient (Wildman–Crippen LogP) is 2.29. The van der Waals surface area contributed by atoms with E-state index in [9.17, 15) is 0 Å². The summed E-state index contributed by atoms with van der Waals surface area (Å²) in [5.41, 5.74) is 6.50. The van der Waals surface area contributed by atoms with Gasteiger partial charge in [-0.1, -0.05) is 23.4 Å². The van der Waals surface area contributed by atoms with E-state index in [-0.39, 0.29) is 0 Å². The molecule has 0 spiro atoms. The molecule has 0 atom stereocenters. The van der Waals surface area contributed by atoms with Crippen molar-refractivity contribution < 1.29 is 4.52 Å². The molecule has 102 valence electrons. The van der Waals surface area contributed by atoms with Crippen LogP contribution >= 0.6 is 0 Å². The van der Waals surface area contributed by atoms with Crippen LogP contribution in [0.15, 0.2) is 34.9 Å². The molecule has 2 aromatic rings. The molecule has 0 bridgehead atoms. The first-order valence-corrected chi connectivity index (χ1v) is 6.42. The van der Waals surface area contributed by atoms with E-state index in [1.807, 2.05) is 32.0 Å². The summed E-state index contributed by atoms with van der Waals surface area (Å²) in [6.45, 7) is 7.27. The van der Waals surface area contributed by atoms with Gasteiger partial charge >= 0.3 is 0 Å². The van der Waals surface area contributed by atoms with E-state index >= 15 is 0 Å². The molecule has 1 heterocycles. The third-order valence-corrected chi connectivity index (χ3v) is 2.87. The van der Waals surface area contributed by atoms with Crippen molar-refractivity contribution in [1.29, 1.82) is 0 Å². The minimum Gasteiger partial charge on any atom is -0.362 e. The molecular weight excluding hydrogens is 240 g/mol. The molecule has 0 amide bonds. The summed E-state index contributed by atoms with van der Waals surface area (Å²) in [6, 6.07) is 10.2. The summed E-state index contributed by atoms with van der Waals surface area (Å²) in [4.78, 5) is 6.52. The van der Waals surface area contributed by atoms with E-state index in [0.717, 1.165) is 12.2 Å². The Morgan fingerprint density at radius 2 is 1.95 bits per heavy atom. The highest BCUT2D eigenvalue weighted by Gasteiger charge is 2.22. The minimum atomic E-state index is -0.578. The van der Waals surface area contributed by atoms with Crippen LogP contribution in [-0.2, 0) is 12.1 Å². The Hall–Kier alpha value is -1.88. The van der Waals surface area contributed by atoms with Crippen molar-refractivity contribution in [3.05, 3.63) is 42.0 Å². The molecule has 1 aromatic carbocycles. The van der Waals surface area contributed by atoms with E-state index in [1.54, 1.807) is 0 Å². The van der Waals surface area contributed by atoms with Gasteiger partial charge in [0.25, 0.3) is 0 Å². The van der Waals surface area contributed by atoms with Gasteiger partial charge in [-0.3, -0.25) is 0 Å². The van der Waals surface area contributed by atoms with Gasteiger partial charge in [0.2, 0.25) is 5.89 Å². The van der Waals surface area contributed by atoms with Crippen LogP contribution < -0.4 is 10.6 Å². The van der Waals surface area contributed by atoms with Crippen LogP contribution in [-0.4, -0.2) is 16.7 Å². The monoisotopic (exact) mass is 260 g/mol. The lowest BCUT2D eigenvalue weighted by Gasteiger charge is -2.20. The summed E-state index contributed by atoms with van der Waals surface area (Å²) < 4.78 is 5.26. The number of anilines is 1. The fraction of sp³-hybridized carbons (Fsp3) is 0.429. The van der Waals surface area contributed by atoms with E-state index < -0.39 is 5.54 Å². The highest BCUT2D eigenvalue weighted by molar-refractivity contribution is 5.45. The quantitative estimate of drug-likeness (QED) is 0.893. The number of rotatable bonds is 5. The molecule has 5 nitrogen and oxygen atoms in total. The van der Waals surface area contributed by atoms with Crippen molar-refractivity contribution in [2.75, 3.05) is 11.4 Å². The fourth-order valence-electron chi connectivity index (χ4n) is 1.77. The van der Waals surface area contributed by atoms with Gasteiger partial charge in [0.1, 0.15) is 0 Å². The topological polar surface area (TPSA) is 68.2 Å². The SMILES string of the molecule is CCN(Cc1nc(C(C)(C)N)no1)c1ccccc1. The maximum atomic E-state index is 5.95. The second-order valence-electron chi connectivity index (χ2n) is 5.08. The molecule has 19 heavy (non-hydrogen) atoms. The van der Waals surface area contributed by atoms with Crippen LogP contribution in [0, 0.1) is 0 Å². The van der Waals surface area contributed by atoms with E-state index in [2.05, 4.69) is 34.1 Å². The summed E-state index contributed by atoms with van der Waals surface area (Å²) in [5, 5.41) is 3.93. The Labute approximate surface area is 113 Å². The van der Waals surface area contributed by atoms with Gasteiger partial charge in [-0.05, 0) is 32.9 Å². The lowest BCUT2D eigenvalue weighted by molar-refractivity contribution is 0.359. The van der Waals surface area contributed by atoms with Gasteiger partial charge in [0.15, 0.2) is 5.82 Å². The zero-order valence-electron chi connectivity index (χ0n) is 11.6. The Kier molecular flexibility index (Phi) is 3.85. The Balaban J connectivity index is 2.13. The fourth-order valence-corrected chi connectivity index (χ4v) is 1.77. The molecule has 0 radical (unpaired) electrons. The first kappa shape index (κ1) is 13.5. The molecule has 0 saturated heterocycles. The first-order valence-electron chi connectivity index (χ1n) is 6.42. The number of hydrogen-bond acceptors (Lipinski definition) is 5. The van der Waals surface area contributed by atoms with E-state index in [0.29, 0.717) is 18.3 Å². The van der Waals surface area contributed by atoms with Gasteiger partial charge in [0.05, 0.1) is 12.1 Å². The lowest BCUT2D eigenvalue weighted by atomic mass is 10.1. The highest BCUT2D eigenvalue weighted by Crippen LogP contribution is 2.17. The molecule has 1 aromatic heterocycles. The van der Waals surface area contributed by atoms with Crippen molar-refractivity contribution in [1.82, 2.24) is 10.1 Å². The molecule has 0 unspecified atom stereocenters. The molecule has 0 fully saturated rings. The van der Waals surface area contributed by atoms with Crippen LogP contribution in [0.4, 0.5) is 5.69 Å². The second kappa shape index (κ2) is 5.40. The number of benzene rings is 1. The predicted molar refractivity (Wildman–Crippen MR) is 74.7 cm³/mol. The minimum absolute atomic E-state index is 0.534. The zero-order chi connectivity index (χ0) is 13.9. The Morgan fingerprint density at radius 3 is 2.47 bits per heavy atom. The highest BCUT2D eigenvalue weighted by atomic mass is 16.5. The summed E-state index contributed by atoms with van der Waals surface area (Å²) in [5.74, 6) is 1.12. The first-order chi connectivity index (χ1) is 9.00. The standard InChI is InChI=1S/C14H20N4O/c1-4-18(11-8-6-5-7-9-11)10-12-16-13(17-19-12)14(2,3)15/h5-9H,4,10,15H2,1-3H3. The van der Waals surface area contributed by atoms with Crippen LogP contribution in [0.5, 0.6) is 0 Å². The van der Waals surface area contributed by atoms with Gasteiger partial charge in [-0.25, -0.2) is 0 Å². The molecule has 5 heteroatoms. The third kappa shape index (κ3) is 3.32. The van der Waals surface area contributed by atoms with Crippen LogP contribution in [0.1, 0.15) is 32.5 Å². The van der Waals surface area contributed by atoms with Crippen LogP contribution in [0.2, 0.25) is 0 Å². The van der Waals surface area contributed by atoms with Crippen LogP contribution in [0.25, 0.3) is 0 Å². The number of nitrogens with two attached hydrogens (primary N) is 1. The van der Waals surface area contributed by atoms with Gasteiger partial charge in [-0.15, -0.1) is 0 Å². The van der Waals surface area contributed by atoms with Crippen molar-refractivity contribution in [3.8, 4) is 0 Å². The van der Waals surface area contributed by atoms with Crippen molar-refractivity contribution in [2.45, 2.75) is 32.9 Å². The number of para-hydroxylation sites is 1. The number of hydrogen-bond donors (Lipinski definition) is 1. The summed E-state index contributed by atoms with van der Waals surface area (Å²) >= 11 is 0. The second-order valence-corrected chi connectivity index (χ2v) is 5.08. The van der Waals surface area contributed by atoms with E-state index in [4.69, 9.17) is 10.3 Å². The molecule has 2 N–H and O–H groups in total.